The van der Waals surface area contributed by atoms with Gasteiger partial charge in [-0.25, -0.2) is 4.98 Å². The second kappa shape index (κ2) is 38.6. The van der Waals surface area contributed by atoms with Gasteiger partial charge in [-0.15, -0.1) is 0 Å². The summed E-state index contributed by atoms with van der Waals surface area (Å²) in [6.45, 7) is 21.9. The number of benzene rings is 4. The number of aryl methyl sites for hydroxylation is 3. The van der Waals surface area contributed by atoms with Crippen LogP contribution in [0.25, 0.3) is 122 Å². The van der Waals surface area contributed by atoms with E-state index in [0.29, 0.717) is 50.9 Å². The number of carbonyl (C=O) groups is 4. The zero-order valence-electron chi connectivity index (χ0n) is 79.5. The minimum absolute atomic E-state index is 0.101. The molecule has 706 valence electrons. The molecule has 9 aliphatic rings. The summed E-state index contributed by atoms with van der Waals surface area (Å²) in [5.74, 6) is 1.42. The Morgan fingerprint density at radius 3 is 1.04 bits per heavy atom. The summed E-state index contributed by atoms with van der Waals surface area (Å²) in [4.78, 5) is 78.0. The zero-order valence-corrected chi connectivity index (χ0v) is 79.5. The highest BCUT2D eigenvalue weighted by Gasteiger charge is 2.38. The Morgan fingerprint density at radius 2 is 0.715 bits per heavy atom. The average Bonchev–Trinajstić information content (AvgIpc) is 1.60. The summed E-state index contributed by atoms with van der Waals surface area (Å²) in [6, 6.07) is 35.1. The maximum absolute atomic E-state index is 12.2. The first-order valence-corrected chi connectivity index (χ1v) is 48.3. The molecule has 11 aromatic heterocycles. The third kappa shape index (κ3) is 17.9. The Hall–Kier alpha value is -13.5. The van der Waals surface area contributed by atoms with Crippen molar-refractivity contribution in [2.45, 2.75) is 168 Å². The number of hydrogen-bond donors (Lipinski definition) is 0. The minimum Gasteiger partial charge on any atom is -0.381 e. The molecule has 5 saturated heterocycles. The number of amides is 4. The molecule has 32 heteroatoms. The lowest BCUT2D eigenvalue weighted by molar-refractivity contribution is -0.130. The molecule has 0 saturated carbocycles. The van der Waals surface area contributed by atoms with E-state index in [-0.39, 0.29) is 35.8 Å². The van der Waals surface area contributed by atoms with Crippen LogP contribution in [0, 0.1) is 6.92 Å². The van der Waals surface area contributed by atoms with Gasteiger partial charge >= 0.3 is 0 Å². The van der Waals surface area contributed by atoms with Gasteiger partial charge in [0, 0.05) is 342 Å². The van der Waals surface area contributed by atoms with E-state index in [2.05, 4.69) is 143 Å². The van der Waals surface area contributed by atoms with Crippen LogP contribution in [0.5, 0.6) is 0 Å². The van der Waals surface area contributed by atoms with Gasteiger partial charge in [0.05, 0.1) is 95.3 Å². The average molecular weight is 1850 g/mol. The van der Waals surface area contributed by atoms with Crippen LogP contribution in [0.2, 0.25) is 0 Å². The molecule has 15 aromatic rings. The van der Waals surface area contributed by atoms with Gasteiger partial charge in [-0.05, 0) is 104 Å². The highest BCUT2D eigenvalue weighted by atomic mass is 16.5. The van der Waals surface area contributed by atoms with Gasteiger partial charge in [0.2, 0.25) is 23.6 Å². The Balaban J connectivity index is 0.000000109. The number of aromatic nitrogens is 18. The lowest BCUT2D eigenvalue weighted by Gasteiger charge is -2.29. The molecule has 0 spiro atoms. The third-order valence-electron chi connectivity index (χ3n) is 29.4. The van der Waals surface area contributed by atoms with Crippen molar-refractivity contribution in [1.82, 2.24) is 108 Å². The predicted octanol–water partition coefficient (Wildman–Crippen LogP) is 14.8. The topological polar surface area (TPSA) is 307 Å². The lowest BCUT2D eigenvalue weighted by Crippen LogP contribution is -2.35. The smallest absolute Gasteiger partial charge is 0.219 e. The fraction of sp³-hybridized carbons (Fsp3) is 0.419. The van der Waals surface area contributed by atoms with Gasteiger partial charge in [-0.3, -0.25) is 66.9 Å². The second-order valence-corrected chi connectivity index (χ2v) is 37.7. The van der Waals surface area contributed by atoms with Crippen molar-refractivity contribution < 1.29 is 42.9 Å². The third-order valence-corrected chi connectivity index (χ3v) is 29.4. The molecule has 32 nitrogen and oxygen atoms in total. The second-order valence-electron chi connectivity index (χ2n) is 37.7. The normalized spacial score (nSPS) is 18.1. The molecular formula is C105H117N23O9. The Kier molecular flexibility index (Phi) is 25.3. The Labute approximate surface area is 794 Å². The van der Waals surface area contributed by atoms with Crippen LogP contribution in [-0.2, 0) is 116 Å². The summed E-state index contributed by atoms with van der Waals surface area (Å²) >= 11 is 0. The van der Waals surface area contributed by atoms with Crippen molar-refractivity contribution in [1.29, 1.82) is 0 Å². The molecule has 0 bridgehead atoms. The Morgan fingerprint density at radius 1 is 0.372 bits per heavy atom. The number of rotatable bonds is 13. The lowest BCUT2D eigenvalue weighted by atomic mass is 9.96. The molecule has 137 heavy (non-hydrogen) atoms. The largest absolute Gasteiger partial charge is 0.381 e. The fourth-order valence-corrected chi connectivity index (χ4v) is 21.6. The SMILES string of the molecule is CC(=O)N1CCc2c(c(-c3cccc4cc(-c5cnn(C)c5)ncc34)nn2C2CCOCC2)C1.CC(=O)N1CCc2c(c(-c3cccc4cc(-c5cnn(C)c5)ncc34)nn2[C@H]2CCOC2)C1.CC(=O)N1CCc2c(c(-c3cccc4cc(-c5cnn(C)c5C)ncc34)nn2C2CCOCC2)C1.CO[C@@H]1CCN(c2cc3cccc(-c4nn(C5CCOCC5)c5c4CN(C(C)=O)CC5)c3cn2)C1. The van der Waals surface area contributed by atoms with Crippen LogP contribution in [0.3, 0.4) is 0 Å². The van der Waals surface area contributed by atoms with Gasteiger partial charge in [0.25, 0.3) is 0 Å². The summed E-state index contributed by atoms with van der Waals surface area (Å²) in [5, 5.41) is 42.4. The zero-order chi connectivity index (χ0) is 93.8. The number of ether oxygens (including phenoxy) is 5. The summed E-state index contributed by atoms with van der Waals surface area (Å²) < 4.78 is 42.4. The van der Waals surface area contributed by atoms with Gasteiger partial charge in [0.1, 0.15) is 5.82 Å². The van der Waals surface area contributed by atoms with Crippen molar-refractivity contribution in [2.24, 2.45) is 21.1 Å². The van der Waals surface area contributed by atoms with Crippen LogP contribution < -0.4 is 4.90 Å². The maximum Gasteiger partial charge on any atom is 0.219 e. The van der Waals surface area contributed by atoms with E-state index in [9.17, 15) is 19.2 Å². The molecule has 0 unspecified atom stereocenters. The molecular weight excluding hydrogens is 1730 g/mol. The number of carbonyl (C=O) groups excluding carboxylic acids is 4. The number of anilines is 1. The minimum atomic E-state index is 0.101. The standard InChI is InChI=1S/C27H30N6O2.C27H33N5O3.C26H28N6O2.C25H26N6O2/c1-17-22(15-29-31(17)3)25-13-19-5-4-6-21(23(19)14-28-25)27-24-16-32(18(2)34)10-7-26(24)33(30-27)20-8-11-35-12-9-20;1-18(33)30-11-7-25-24(17-30)27(29-32(25)20-8-12-35-13-9-20)22-5-3-4-19-14-26(28-15-23(19)22)31-10-6-21(16-31)34-2;1-17(33)31-9-6-25-23(16-31)26(29-32(25)20-7-10-34-11-8-20)21-5-3-4-18-12-24(27-14-22(18)21)19-13-28-30(2)15-19;1-16(32)30-8-6-24-22(14-30)25(28-31(24)19-7-9-33-15-19)20-5-3-4-17-10-23(26-12-21(17)20)18-11-27-29(2)13-18/h4-6,13-15,20H,7-12,16H2,1-3H3;3-5,14-15,20-21H,6-13,16-17H2,1-2H3;3-5,12-15,20H,6-11,16H2,1-2H3;3-5,10-13,19H,6-9,14-15H2,1-2H3/t;21-;;19-/m.1.0/s1. The molecule has 0 N–H and O–H groups in total. The van der Waals surface area contributed by atoms with E-state index >= 15 is 0 Å². The predicted molar refractivity (Wildman–Crippen MR) is 522 cm³/mol. The molecule has 4 aromatic carbocycles. The molecule has 0 aliphatic carbocycles. The van der Waals surface area contributed by atoms with Crippen molar-refractivity contribution >= 4 is 72.5 Å². The summed E-state index contributed by atoms with van der Waals surface area (Å²) in [7, 11) is 7.54. The van der Waals surface area contributed by atoms with Crippen LogP contribution in [0.4, 0.5) is 5.82 Å². The van der Waals surface area contributed by atoms with Crippen LogP contribution in [0.15, 0.2) is 153 Å². The molecule has 0 radical (unpaired) electrons. The number of hydrogen-bond acceptors (Lipinski definition) is 21. The number of methoxy groups -OCH3 is 1. The van der Waals surface area contributed by atoms with E-state index in [4.69, 9.17) is 64.0 Å². The van der Waals surface area contributed by atoms with Crippen LogP contribution in [-0.4, -0.2) is 237 Å². The van der Waals surface area contributed by atoms with E-state index in [0.717, 1.165) is 313 Å². The van der Waals surface area contributed by atoms with Gasteiger partial charge in [0.15, 0.2) is 0 Å². The molecule has 2 atom stereocenters. The van der Waals surface area contributed by atoms with E-state index in [1.54, 1.807) is 44.2 Å². The first-order chi connectivity index (χ1) is 66.8. The van der Waals surface area contributed by atoms with Crippen molar-refractivity contribution in [3.63, 3.8) is 0 Å². The van der Waals surface area contributed by atoms with Crippen molar-refractivity contribution in [3.8, 4) is 78.8 Å². The molecule has 20 heterocycles. The van der Waals surface area contributed by atoms with Crippen molar-refractivity contribution in [3.05, 3.63) is 204 Å². The first-order valence-electron chi connectivity index (χ1n) is 48.3. The molecule has 4 amide bonds. The summed E-state index contributed by atoms with van der Waals surface area (Å²) in [5.41, 5.74) is 24.6. The monoisotopic (exact) mass is 1840 g/mol. The Bertz CT molecular complexity index is 7090. The van der Waals surface area contributed by atoms with Crippen LogP contribution >= 0.6 is 0 Å². The maximum atomic E-state index is 12.2. The number of pyridine rings is 4. The number of fused-ring (bicyclic) bond motifs is 8. The van der Waals surface area contributed by atoms with E-state index in [1.807, 2.05) is 101 Å². The number of nitrogens with zero attached hydrogens (tertiary/aromatic N) is 23. The molecule has 24 rings (SSSR count). The van der Waals surface area contributed by atoms with Crippen molar-refractivity contribution in [2.75, 3.05) is 104 Å². The van der Waals surface area contributed by atoms with Gasteiger partial charge < -0.3 is 48.2 Å². The molecule has 9 aliphatic heterocycles. The highest BCUT2D eigenvalue weighted by molar-refractivity contribution is 6.01. The summed E-state index contributed by atoms with van der Waals surface area (Å²) in [6.07, 6.45) is 28.7. The van der Waals surface area contributed by atoms with Gasteiger partial charge in [-0.2, -0.15) is 35.7 Å². The van der Waals surface area contributed by atoms with Crippen LogP contribution in [0.1, 0.15) is 154 Å². The highest BCUT2D eigenvalue weighted by Crippen LogP contribution is 2.45. The van der Waals surface area contributed by atoms with Gasteiger partial charge in [-0.1, -0.05) is 72.8 Å². The first kappa shape index (κ1) is 90.0. The van der Waals surface area contributed by atoms with E-state index < -0.39 is 0 Å². The fourth-order valence-electron chi connectivity index (χ4n) is 21.6. The van der Waals surface area contributed by atoms with E-state index in [1.165, 1.54) is 28.3 Å². The molecule has 5 fully saturated rings. The quantitative estimate of drug-likeness (QED) is 0.103.